The van der Waals surface area contributed by atoms with Crippen LogP contribution in [0.15, 0.2) is 72.9 Å². The Hall–Kier alpha value is -3.38. The molecule has 32 heavy (non-hydrogen) atoms. The van der Waals surface area contributed by atoms with Crippen LogP contribution in [0.4, 0.5) is 5.82 Å². The van der Waals surface area contributed by atoms with Crippen LogP contribution in [0.1, 0.15) is 41.4 Å². The first kappa shape index (κ1) is 21.8. The fourth-order valence-electron chi connectivity index (χ4n) is 3.91. The fraction of sp³-hybridized carbons (Fsp3) is 0.308. The third-order valence-corrected chi connectivity index (χ3v) is 5.46. The molecule has 1 saturated heterocycles. The molecule has 0 bridgehead atoms. The van der Waals surface area contributed by atoms with Gasteiger partial charge < -0.3 is 20.3 Å². The van der Waals surface area contributed by atoms with Crippen molar-refractivity contribution in [2.24, 2.45) is 0 Å². The molecule has 1 aliphatic heterocycles. The maximum absolute atomic E-state index is 13.0. The molecule has 4 rings (SSSR count). The predicted molar refractivity (Wildman–Crippen MR) is 127 cm³/mol. The Morgan fingerprint density at radius 2 is 1.91 bits per heavy atom. The number of pyridine rings is 1. The Bertz CT molecular complexity index is 1020. The highest BCUT2D eigenvalue weighted by molar-refractivity contribution is 5.98. The summed E-state index contributed by atoms with van der Waals surface area (Å²) in [7, 11) is 0. The van der Waals surface area contributed by atoms with Gasteiger partial charge in [0, 0.05) is 38.4 Å². The second-order valence-corrected chi connectivity index (χ2v) is 8.23. The van der Waals surface area contributed by atoms with Crippen LogP contribution in [0.2, 0.25) is 0 Å². The van der Waals surface area contributed by atoms with Crippen molar-refractivity contribution in [3.63, 3.8) is 0 Å². The van der Waals surface area contributed by atoms with E-state index in [1.54, 1.807) is 6.20 Å². The number of piperazine rings is 1. The van der Waals surface area contributed by atoms with Gasteiger partial charge in [0.2, 0.25) is 0 Å². The molecule has 1 fully saturated rings. The molecule has 0 saturated carbocycles. The van der Waals surface area contributed by atoms with Gasteiger partial charge in [-0.15, -0.1) is 0 Å². The van der Waals surface area contributed by atoms with E-state index in [1.807, 2.05) is 56.3 Å². The van der Waals surface area contributed by atoms with Crippen molar-refractivity contribution in [2.45, 2.75) is 32.5 Å². The van der Waals surface area contributed by atoms with E-state index in [0.29, 0.717) is 12.1 Å². The molecule has 0 unspecified atom stereocenters. The van der Waals surface area contributed by atoms with Crippen molar-refractivity contribution in [1.29, 1.82) is 0 Å². The zero-order valence-corrected chi connectivity index (χ0v) is 18.6. The summed E-state index contributed by atoms with van der Waals surface area (Å²) in [5.74, 6) is 1.44. The molecular formula is C26H30N4O2. The smallest absolute Gasteiger partial charge is 0.255 e. The van der Waals surface area contributed by atoms with E-state index >= 15 is 0 Å². The maximum Gasteiger partial charge on any atom is 0.255 e. The second-order valence-electron chi connectivity index (χ2n) is 8.23. The molecule has 0 radical (unpaired) electrons. The van der Waals surface area contributed by atoms with Gasteiger partial charge in [-0.1, -0.05) is 42.5 Å². The predicted octanol–water partition coefficient (Wildman–Crippen LogP) is 3.95. The number of carbonyl (C=O) groups excluding carboxylic acids is 1. The minimum atomic E-state index is -0.120. The van der Waals surface area contributed by atoms with Crippen molar-refractivity contribution in [2.75, 3.05) is 24.5 Å². The first-order chi connectivity index (χ1) is 15.6. The average molecular weight is 431 g/mol. The van der Waals surface area contributed by atoms with Crippen LogP contribution >= 0.6 is 0 Å². The number of benzene rings is 2. The standard InChI is InChI=1S/C26H30N4O2/c1-19(2)32-22-12-10-20(11-13-22)17-29-26(31)23-9-6-14-28-25(23)30-16-15-27-24(18-30)21-7-4-3-5-8-21/h3-14,19,24,27H,15-18H2,1-2H3,(H,29,31)/t24-/m1/s1. The molecule has 6 heteroatoms. The van der Waals surface area contributed by atoms with Crippen molar-refractivity contribution >= 4 is 11.7 Å². The van der Waals surface area contributed by atoms with Gasteiger partial charge in [0.15, 0.2) is 0 Å². The summed E-state index contributed by atoms with van der Waals surface area (Å²) in [5, 5.41) is 6.60. The highest BCUT2D eigenvalue weighted by atomic mass is 16.5. The maximum atomic E-state index is 13.0. The normalized spacial score (nSPS) is 16.1. The molecule has 2 aromatic carbocycles. The van der Waals surface area contributed by atoms with Gasteiger partial charge in [0.1, 0.15) is 11.6 Å². The summed E-state index contributed by atoms with van der Waals surface area (Å²) >= 11 is 0. The first-order valence-electron chi connectivity index (χ1n) is 11.1. The van der Waals surface area contributed by atoms with Crippen molar-refractivity contribution in [1.82, 2.24) is 15.6 Å². The summed E-state index contributed by atoms with van der Waals surface area (Å²) in [6.07, 6.45) is 1.88. The molecule has 1 aromatic heterocycles. The number of nitrogens with one attached hydrogen (secondary N) is 2. The second kappa shape index (κ2) is 10.3. The zero-order valence-electron chi connectivity index (χ0n) is 18.6. The Kier molecular flexibility index (Phi) is 7.02. The minimum Gasteiger partial charge on any atom is -0.491 e. The SMILES string of the molecule is CC(C)Oc1ccc(CNC(=O)c2cccnc2N2CCN[C@@H](c3ccccc3)C2)cc1. The summed E-state index contributed by atoms with van der Waals surface area (Å²) in [6, 6.07) is 22.1. The van der Waals surface area contributed by atoms with Gasteiger partial charge in [-0.3, -0.25) is 4.79 Å². The lowest BCUT2D eigenvalue weighted by Crippen LogP contribution is -2.46. The molecule has 2 heterocycles. The number of rotatable bonds is 7. The van der Waals surface area contributed by atoms with Crippen LogP contribution in [-0.4, -0.2) is 36.6 Å². The number of hydrogen-bond acceptors (Lipinski definition) is 5. The van der Waals surface area contributed by atoms with E-state index in [2.05, 4.69) is 44.8 Å². The quantitative estimate of drug-likeness (QED) is 0.594. The Morgan fingerprint density at radius 1 is 1.12 bits per heavy atom. The average Bonchev–Trinajstić information content (AvgIpc) is 2.84. The van der Waals surface area contributed by atoms with Gasteiger partial charge in [-0.2, -0.15) is 0 Å². The van der Waals surface area contributed by atoms with Gasteiger partial charge in [0.25, 0.3) is 5.91 Å². The fourth-order valence-corrected chi connectivity index (χ4v) is 3.91. The molecule has 1 aliphatic rings. The summed E-state index contributed by atoms with van der Waals surface area (Å²) in [4.78, 5) is 19.8. The Labute approximate surface area is 189 Å². The number of anilines is 1. The van der Waals surface area contributed by atoms with Crippen LogP contribution in [0.3, 0.4) is 0 Å². The van der Waals surface area contributed by atoms with Crippen LogP contribution in [-0.2, 0) is 6.54 Å². The van der Waals surface area contributed by atoms with Crippen molar-refractivity contribution in [3.05, 3.63) is 89.6 Å². The topological polar surface area (TPSA) is 66.5 Å². The largest absolute Gasteiger partial charge is 0.491 e. The Balaban J connectivity index is 1.43. The lowest BCUT2D eigenvalue weighted by Gasteiger charge is -2.35. The van der Waals surface area contributed by atoms with Crippen molar-refractivity contribution < 1.29 is 9.53 Å². The summed E-state index contributed by atoms with van der Waals surface area (Å²) in [6.45, 7) is 6.85. The van der Waals surface area contributed by atoms with Crippen LogP contribution in [0.25, 0.3) is 0 Å². The van der Waals surface area contributed by atoms with Gasteiger partial charge in [-0.05, 0) is 49.2 Å². The van der Waals surface area contributed by atoms with E-state index in [4.69, 9.17) is 4.74 Å². The monoisotopic (exact) mass is 430 g/mol. The number of hydrogen-bond donors (Lipinski definition) is 2. The number of carbonyl (C=O) groups is 1. The summed E-state index contributed by atoms with van der Waals surface area (Å²) in [5.41, 5.74) is 2.86. The van der Waals surface area contributed by atoms with Crippen LogP contribution in [0.5, 0.6) is 5.75 Å². The molecule has 1 amide bonds. The van der Waals surface area contributed by atoms with E-state index in [1.165, 1.54) is 5.56 Å². The molecule has 2 N–H and O–H groups in total. The number of ether oxygens (including phenoxy) is 1. The molecular weight excluding hydrogens is 400 g/mol. The first-order valence-corrected chi connectivity index (χ1v) is 11.1. The van der Waals surface area contributed by atoms with Crippen molar-refractivity contribution in [3.8, 4) is 5.75 Å². The van der Waals surface area contributed by atoms with Gasteiger partial charge >= 0.3 is 0 Å². The Morgan fingerprint density at radius 3 is 2.66 bits per heavy atom. The van der Waals surface area contributed by atoms with E-state index in [-0.39, 0.29) is 18.1 Å². The molecule has 0 spiro atoms. The van der Waals surface area contributed by atoms with Gasteiger partial charge in [-0.25, -0.2) is 4.98 Å². The third kappa shape index (κ3) is 5.45. The highest BCUT2D eigenvalue weighted by Gasteiger charge is 2.25. The van der Waals surface area contributed by atoms with E-state index < -0.39 is 0 Å². The zero-order chi connectivity index (χ0) is 22.3. The van der Waals surface area contributed by atoms with E-state index in [0.717, 1.165) is 36.8 Å². The molecule has 166 valence electrons. The van der Waals surface area contributed by atoms with Gasteiger partial charge in [0.05, 0.1) is 11.7 Å². The third-order valence-electron chi connectivity index (χ3n) is 5.46. The molecule has 3 aromatic rings. The minimum absolute atomic E-state index is 0.120. The summed E-state index contributed by atoms with van der Waals surface area (Å²) < 4.78 is 5.68. The highest BCUT2D eigenvalue weighted by Crippen LogP contribution is 2.24. The molecule has 0 aliphatic carbocycles. The van der Waals surface area contributed by atoms with E-state index in [9.17, 15) is 4.79 Å². The number of aromatic nitrogens is 1. The molecule has 1 atom stereocenters. The van der Waals surface area contributed by atoms with Crippen LogP contribution in [0, 0.1) is 0 Å². The number of nitrogens with zero attached hydrogens (tertiary/aromatic N) is 2. The lowest BCUT2D eigenvalue weighted by atomic mass is 10.0. The lowest BCUT2D eigenvalue weighted by molar-refractivity contribution is 0.0951. The van der Waals surface area contributed by atoms with Crippen LogP contribution < -0.4 is 20.3 Å². The molecule has 6 nitrogen and oxygen atoms in total. The number of amides is 1.